The number of rotatable bonds is 3. The molecule has 14 heavy (non-hydrogen) atoms. The lowest BCUT2D eigenvalue weighted by Crippen LogP contribution is -2.14. The molecule has 0 spiro atoms. The molecular formula is C10H18N2OS. The van der Waals surface area contributed by atoms with Crippen LogP contribution in [0.4, 0.5) is 0 Å². The topological polar surface area (TPSA) is 46.0 Å². The zero-order valence-electron chi connectivity index (χ0n) is 9.24. The Kier molecular flexibility index (Phi) is 3.61. The minimum Gasteiger partial charge on any atom is -0.393 e. The first-order chi connectivity index (χ1) is 6.43. The zero-order chi connectivity index (χ0) is 10.8. The van der Waals surface area contributed by atoms with Gasteiger partial charge < -0.3 is 5.11 Å². The van der Waals surface area contributed by atoms with Crippen LogP contribution in [0.1, 0.15) is 44.9 Å². The summed E-state index contributed by atoms with van der Waals surface area (Å²) in [7, 11) is 0. The van der Waals surface area contributed by atoms with E-state index in [9.17, 15) is 5.11 Å². The first kappa shape index (κ1) is 11.6. The number of hydrogen-bond donors (Lipinski definition) is 1. The monoisotopic (exact) mass is 214 g/mol. The predicted molar refractivity (Wildman–Crippen MR) is 58.6 cm³/mol. The normalized spacial score (nSPS) is 14.4. The fraction of sp³-hybridized carbons (Fsp3) is 0.800. The minimum atomic E-state index is -0.282. The minimum absolute atomic E-state index is 0.00587. The van der Waals surface area contributed by atoms with Gasteiger partial charge in [0.25, 0.3) is 0 Å². The SMILES string of the molecule is CCC(O)Cc1nc(C(C)(C)C)ns1. The highest BCUT2D eigenvalue weighted by Gasteiger charge is 2.19. The van der Waals surface area contributed by atoms with Crippen molar-refractivity contribution < 1.29 is 5.11 Å². The second-order valence-corrected chi connectivity index (χ2v) is 5.36. The Labute approximate surface area is 89.4 Å². The van der Waals surface area contributed by atoms with Crippen LogP contribution in [0.5, 0.6) is 0 Å². The lowest BCUT2D eigenvalue weighted by atomic mass is 9.96. The molecule has 0 amide bonds. The largest absolute Gasteiger partial charge is 0.393 e. The summed E-state index contributed by atoms with van der Waals surface area (Å²) in [5.74, 6) is 0.876. The first-order valence-corrected chi connectivity index (χ1v) is 5.72. The molecule has 0 aliphatic carbocycles. The summed E-state index contributed by atoms with van der Waals surface area (Å²) in [4.78, 5) is 4.42. The molecule has 1 unspecified atom stereocenters. The summed E-state index contributed by atoms with van der Waals surface area (Å²) in [5, 5.41) is 10.4. The van der Waals surface area contributed by atoms with E-state index in [0.29, 0.717) is 6.42 Å². The third-order valence-corrected chi connectivity index (χ3v) is 2.75. The summed E-state index contributed by atoms with van der Waals surface area (Å²) in [6.45, 7) is 8.25. The van der Waals surface area contributed by atoms with E-state index in [0.717, 1.165) is 17.3 Å². The summed E-state index contributed by atoms with van der Waals surface area (Å²) >= 11 is 1.40. The van der Waals surface area contributed by atoms with E-state index in [-0.39, 0.29) is 11.5 Å². The lowest BCUT2D eigenvalue weighted by molar-refractivity contribution is 0.170. The van der Waals surface area contributed by atoms with Crippen LogP contribution in [-0.4, -0.2) is 20.6 Å². The van der Waals surface area contributed by atoms with Gasteiger partial charge >= 0.3 is 0 Å². The second kappa shape index (κ2) is 4.36. The molecule has 1 aromatic heterocycles. The van der Waals surface area contributed by atoms with Crippen molar-refractivity contribution in [2.45, 2.75) is 52.1 Å². The Morgan fingerprint density at radius 2 is 2.07 bits per heavy atom. The van der Waals surface area contributed by atoms with Crippen molar-refractivity contribution in [1.82, 2.24) is 9.36 Å². The van der Waals surface area contributed by atoms with Crippen LogP contribution in [0.2, 0.25) is 0 Å². The van der Waals surface area contributed by atoms with Gasteiger partial charge in [-0.3, -0.25) is 0 Å². The van der Waals surface area contributed by atoms with Gasteiger partial charge in [-0.15, -0.1) is 0 Å². The van der Waals surface area contributed by atoms with E-state index in [2.05, 4.69) is 30.1 Å². The van der Waals surface area contributed by atoms with Gasteiger partial charge in [0, 0.05) is 11.8 Å². The number of nitrogens with zero attached hydrogens (tertiary/aromatic N) is 2. The van der Waals surface area contributed by atoms with E-state index < -0.39 is 0 Å². The van der Waals surface area contributed by atoms with Gasteiger partial charge in [0.1, 0.15) is 10.8 Å². The molecule has 1 N–H and O–H groups in total. The molecule has 1 atom stereocenters. The van der Waals surface area contributed by atoms with E-state index in [4.69, 9.17) is 0 Å². The van der Waals surface area contributed by atoms with Gasteiger partial charge in [-0.2, -0.15) is 4.37 Å². The summed E-state index contributed by atoms with van der Waals surface area (Å²) < 4.78 is 4.29. The standard InChI is InChI=1S/C10H18N2OS/c1-5-7(13)6-8-11-9(12-14-8)10(2,3)4/h7,13H,5-6H2,1-4H3. The zero-order valence-corrected chi connectivity index (χ0v) is 10.1. The third kappa shape index (κ3) is 3.03. The van der Waals surface area contributed by atoms with Crippen LogP contribution >= 0.6 is 11.5 Å². The van der Waals surface area contributed by atoms with Crippen molar-refractivity contribution in [3.05, 3.63) is 10.8 Å². The molecule has 0 aromatic carbocycles. The molecule has 1 rings (SSSR count). The van der Waals surface area contributed by atoms with Crippen LogP contribution in [0, 0.1) is 0 Å². The number of aliphatic hydroxyl groups is 1. The maximum atomic E-state index is 9.46. The Balaban J connectivity index is 2.69. The molecule has 0 saturated carbocycles. The van der Waals surface area contributed by atoms with E-state index in [1.54, 1.807) is 0 Å². The lowest BCUT2D eigenvalue weighted by Gasteiger charge is -2.12. The summed E-state index contributed by atoms with van der Waals surface area (Å²) in [6, 6.07) is 0. The Morgan fingerprint density at radius 1 is 1.43 bits per heavy atom. The van der Waals surface area contributed by atoms with Gasteiger partial charge in [0.15, 0.2) is 0 Å². The van der Waals surface area contributed by atoms with Crippen molar-refractivity contribution in [1.29, 1.82) is 0 Å². The van der Waals surface area contributed by atoms with Gasteiger partial charge in [0.05, 0.1) is 6.10 Å². The number of aliphatic hydroxyl groups excluding tert-OH is 1. The third-order valence-electron chi connectivity index (χ3n) is 2.02. The molecule has 0 bridgehead atoms. The summed E-state index contributed by atoms with van der Waals surface area (Å²) in [6.07, 6.45) is 1.12. The smallest absolute Gasteiger partial charge is 0.147 e. The quantitative estimate of drug-likeness (QED) is 0.838. The Morgan fingerprint density at radius 3 is 2.50 bits per heavy atom. The van der Waals surface area contributed by atoms with Gasteiger partial charge in [-0.1, -0.05) is 27.7 Å². The van der Waals surface area contributed by atoms with Crippen molar-refractivity contribution in [2.24, 2.45) is 0 Å². The molecule has 1 heterocycles. The molecule has 4 heteroatoms. The van der Waals surface area contributed by atoms with E-state index in [1.165, 1.54) is 11.5 Å². The van der Waals surface area contributed by atoms with Crippen LogP contribution in [-0.2, 0) is 11.8 Å². The van der Waals surface area contributed by atoms with Crippen LogP contribution in [0.3, 0.4) is 0 Å². The Hall–Kier alpha value is -0.480. The van der Waals surface area contributed by atoms with Crippen LogP contribution in [0.25, 0.3) is 0 Å². The van der Waals surface area contributed by atoms with Crippen LogP contribution in [0.15, 0.2) is 0 Å². The first-order valence-electron chi connectivity index (χ1n) is 4.94. The molecule has 0 fully saturated rings. The average molecular weight is 214 g/mol. The van der Waals surface area contributed by atoms with Crippen molar-refractivity contribution in [2.75, 3.05) is 0 Å². The highest BCUT2D eigenvalue weighted by molar-refractivity contribution is 7.05. The van der Waals surface area contributed by atoms with Crippen molar-refractivity contribution in [3.63, 3.8) is 0 Å². The average Bonchev–Trinajstić information content (AvgIpc) is 2.51. The van der Waals surface area contributed by atoms with Gasteiger partial charge in [-0.25, -0.2) is 4.98 Å². The van der Waals surface area contributed by atoms with E-state index >= 15 is 0 Å². The van der Waals surface area contributed by atoms with Gasteiger partial charge in [0.2, 0.25) is 0 Å². The molecule has 0 saturated heterocycles. The number of hydrogen-bond acceptors (Lipinski definition) is 4. The van der Waals surface area contributed by atoms with E-state index in [1.807, 2.05) is 6.92 Å². The fourth-order valence-corrected chi connectivity index (χ4v) is 1.89. The summed E-state index contributed by atoms with van der Waals surface area (Å²) in [5.41, 5.74) is 0.00587. The molecule has 3 nitrogen and oxygen atoms in total. The second-order valence-electron chi connectivity index (χ2n) is 4.53. The fourth-order valence-electron chi connectivity index (χ4n) is 0.988. The van der Waals surface area contributed by atoms with Crippen LogP contribution < -0.4 is 0 Å². The Bertz CT molecular complexity index is 291. The molecule has 0 aliphatic rings. The highest BCUT2D eigenvalue weighted by atomic mass is 32.1. The van der Waals surface area contributed by atoms with Crippen molar-refractivity contribution >= 4 is 11.5 Å². The maximum absolute atomic E-state index is 9.46. The van der Waals surface area contributed by atoms with Crippen molar-refractivity contribution in [3.8, 4) is 0 Å². The maximum Gasteiger partial charge on any atom is 0.147 e. The number of aromatic nitrogens is 2. The molecule has 0 radical (unpaired) electrons. The molecule has 0 aliphatic heterocycles. The molecular weight excluding hydrogens is 196 g/mol. The highest BCUT2D eigenvalue weighted by Crippen LogP contribution is 2.21. The molecule has 80 valence electrons. The molecule has 1 aromatic rings. The van der Waals surface area contributed by atoms with Gasteiger partial charge in [-0.05, 0) is 18.0 Å². The predicted octanol–water partition coefficient (Wildman–Crippen LogP) is 2.15.